The Kier molecular flexibility index (Phi) is 3.27. The van der Waals surface area contributed by atoms with Crippen molar-refractivity contribution < 1.29 is 4.79 Å². The van der Waals surface area contributed by atoms with E-state index in [1.165, 1.54) is 0 Å². The predicted octanol–water partition coefficient (Wildman–Crippen LogP) is 2.02. The second-order valence-electron chi connectivity index (χ2n) is 5.23. The monoisotopic (exact) mass is 264 g/mol. The molecule has 4 heteroatoms. The third-order valence-electron chi connectivity index (χ3n) is 4.06. The molecule has 96 valence electrons. The fourth-order valence-corrected chi connectivity index (χ4v) is 3.21. The van der Waals surface area contributed by atoms with Gasteiger partial charge < -0.3 is 10.2 Å². The molecule has 2 atom stereocenters. The van der Waals surface area contributed by atoms with Gasteiger partial charge in [-0.1, -0.05) is 17.7 Å². The molecule has 0 aliphatic carbocycles. The molecule has 1 aromatic carbocycles. The van der Waals surface area contributed by atoms with Gasteiger partial charge in [-0.05, 0) is 49.5 Å². The summed E-state index contributed by atoms with van der Waals surface area (Å²) in [5.41, 5.74) is 0.701. The summed E-state index contributed by atoms with van der Waals surface area (Å²) in [5.74, 6) is 1.50. The van der Waals surface area contributed by atoms with Crippen LogP contribution in [0, 0.1) is 11.8 Å². The molecule has 0 saturated carbocycles. The first-order chi connectivity index (χ1) is 8.74. The molecule has 3 nitrogen and oxygen atoms in total. The number of halogens is 1. The Morgan fingerprint density at radius 2 is 2.17 bits per heavy atom. The molecule has 1 amide bonds. The number of hydrogen-bond acceptors (Lipinski definition) is 2. The molecule has 0 bridgehead atoms. The first-order valence-corrected chi connectivity index (χ1v) is 6.87. The summed E-state index contributed by atoms with van der Waals surface area (Å²) in [6, 6.07) is 7.22. The van der Waals surface area contributed by atoms with E-state index in [9.17, 15) is 4.79 Å². The van der Waals surface area contributed by atoms with Gasteiger partial charge in [0.1, 0.15) is 0 Å². The number of carbonyl (C=O) groups is 1. The van der Waals surface area contributed by atoms with Crippen molar-refractivity contribution in [3.8, 4) is 0 Å². The minimum Gasteiger partial charge on any atom is -0.338 e. The maximum atomic E-state index is 12.4. The van der Waals surface area contributed by atoms with Crippen molar-refractivity contribution in [1.29, 1.82) is 0 Å². The molecule has 3 rings (SSSR count). The van der Waals surface area contributed by atoms with Gasteiger partial charge in [0.2, 0.25) is 0 Å². The molecule has 2 aliphatic heterocycles. The Bertz CT molecular complexity index is 463. The fraction of sp³-hybridized carbons (Fsp3) is 0.500. The van der Waals surface area contributed by atoms with E-state index in [1.807, 2.05) is 17.0 Å². The lowest BCUT2D eigenvalue weighted by Crippen LogP contribution is -2.43. The molecule has 2 aliphatic rings. The van der Waals surface area contributed by atoms with Crippen LogP contribution in [0.3, 0.4) is 0 Å². The number of carbonyl (C=O) groups excluding carboxylic acids is 1. The Hall–Kier alpha value is -1.06. The van der Waals surface area contributed by atoms with Crippen molar-refractivity contribution in [2.24, 2.45) is 11.8 Å². The van der Waals surface area contributed by atoms with Crippen LogP contribution in [0.4, 0.5) is 0 Å². The van der Waals surface area contributed by atoms with E-state index in [1.54, 1.807) is 12.1 Å². The van der Waals surface area contributed by atoms with Crippen LogP contribution in [-0.2, 0) is 0 Å². The van der Waals surface area contributed by atoms with Crippen LogP contribution in [-0.4, -0.2) is 37.0 Å². The summed E-state index contributed by atoms with van der Waals surface area (Å²) in [5, 5.41) is 4.04. The number of piperidine rings is 1. The maximum absolute atomic E-state index is 12.4. The highest BCUT2D eigenvalue weighted by molar-refractivity contribution is 6.30. The Balaban J connectivity index is 1.73. The number of rotatable bonds is 1. The molecule has 0 aromatic heterocycles. The lowest BCUT2D eigenvalue weighted by molar-refractivity contribution is 0.0642. The van der Waals surface area contributed by atoms with Gasteiger partial charge in [-0.2, -0.15) is 0 Å². The summed E-state index contributed by atoms with van der Waals surface area (Å²) >= 11 is 5.94. The molecular formula is C14H17ClN2O. The average Bonchev–Trinajstić information content (AvgIpc) is 2.85. The van der Waals surface area contributed by atoms with Crippen molar-refractivity contribution in [1.82, 2.24) is 10.2 Å². The Morgan fingerprint density at radius 1 is 1.33 bits per heavy atom. The topological polar surface area (TPSA) is 32.3 Å². The fourth-order valence-electron chi connectivity index (χ4n) is 3.02. The molecular weight excluding hydrogens is 248 g/mol. The van der Waals surface area contributed by atoms with Gasteiger partial charge in [0.05, 0.1) is 0 Å². The summed E-state index contributed by atoms with van der Waals surface area (Å²) in [7, 11) is 0. The van der Waals surface area contributed by atoms with E-state index in [-0.39, 0.29) is 5.91 Å². The summed E-state index contributed by atoms with van der Waals surface area (Å²) in [4.78, 5) is 14.4. The van der Waals surface area contributed by atoms with Crippen LogP contribution in [0.1, 0.15) is 16.8 Å². The van der Waals surface area contributed by atoms with Crippen LogP contribution in [0.25, 0.3) is 0 Å². The summed E-state index contributed by atoms with van der Waals surface area (Å²) in [6.07, 6.45) is 1.12. The normalized spacial score (nSPS) is 27.1. The van der Waals surface area contributed by atoms with Crippen molar-refractivity contribution in [2.75, 3.05) is 26.2 Å². The highest BCUT2D eigenvalue weighted by Gasteiger charge is 2.34. The minimum absolute atomic E-state index is 0.114. The lowest BCUT2D eigenvalue weighted by Gasteiger charge is -2.34. The molecule has 18 heavy (non-hydrogen) atoms. The number of hydrogen-bond donors (Lipinski definition) is 1. The maximum Gasteiger partial charge on any atom is 0.253 e. The summed E-state index contributed by atoms with van der Waals surface area (Å²) < 4.78 is 0. The number of likely N-dealkylation sites (tertiary alicyclic amines) is 1. The minimum atomic E-state index is 0.114. The average molecular weight is 265 g/mol. The van der Waals surface area contributed by atoms with Gasteiger partial charge >= 0.3 is 0 Å². The number of nitrogens with one attached hydrogen (secondary N) is 1. The molecule has 0 radical (unpaired) electrons. The molecule has 2 fully saturated rings. The zero-order valence-corrected chi connectivity index (χ0v) is 11.0. The van der Waals surface area contributed by atoms with Gasteiger partial charge in [0.25, 0.3) is 5.91 Å². The highest BCUT2D eigenvalue weighted by Crippen LogP contribution is 2.27. The first-order valence-electron chi connectivity index (χ1n) is 6.49. The van der Waals surface area contributed by atoms with E-state index >= 15 is 0 Å². The zero-order chi connectivity index (χ0) is 12.5. The van der Waals surface area contributed by atoms with Crippen molar-refractivity contribution in [3.63, 3.8) is 0 Å². The van der Waals surface area contributed by atoms with Gasteiger partial charge in [-0.3, -0.25) is 4.79 Å². The molecule has 1 aromatic rings. The second-order valence-corrected chi connectivity index (χ2v) is 5.67. The second kappa shape index (κ2) is 4.90. The third-order valence-corrected chi connectivity index (χ3v) is 4.30. The number of amides is 1. The number of fused-ring (bicyclic) bond motifs is 1. The number of benzene rings is 1. The van der Waals surface area contributed by atoms with Crippen molar-refractivity contribution in [3.05, 3.63) is 34.9 Å². The highest BCUT2D eigenvalue weighted by atomic mass is 35.5. The zero-order valence-electron chi connectivity index (χ0n) is 10.2. The molecule has 2 saturated heterocycles. The predicted molar refractivity (Wildman–Crippen MR) is 71.8 cm³/mol. The van der Waals surface area contributed by atoms with E-state index < -0.39 is 0 Å². The van der Waals surface area contributed by atoms with E-state index in [4.69, 9.17) is 11.6 Å². The van der Waals surface area contributed by atoms with E-state index in [0.29, 0.717) is 16.5 Å². The van der Waals surface area contributed by atoms with Crippen LogP contribution in [0.2, 0.25) is 5.02 Å². The molecule has 2 heterocycles. The smallest absolute Gasteiger partial charge is 0.253 e. The quantitative estimate of drug-likeness (QED) is 0.842. The summed E-state index contributed by atoms with van der Waals surface area (Å²) in [6.45, 7) is 3.91. The van der Waals surface area contributed by atoms with Crippen molar-refractivity contribution >= 4 is 17.5 Å². The van der Waals surface area contributed by atoms with Gasteiger partial charge in [0.15, 0.2) is 0 Å². The SMILES string of the molecule is O=C(c1cccc(Cl)c1)N1CCC2CNCC2C1. The molecule has 2 unspecified atom stereocenters. The first kappa shape index (κ1) is 12.0. The number of nitrogens with zero attached hydrogens (tertiary/aromatic N) is 1. The molecule has 0 spiro atoms. The van der Waals surface area contributed by atoms with Crippen LogP contribution in [0.15, 0.2) is 24.3 Å². The third kappa shape index (κ3) is 2.25. The Labute approximate surface area is 112 Å². The molecule has 1 N–H and O–H groups in total. The van der Waals surface area contributed by atoms with Crippen LogP contribution >= 0.6 is 11.6 Å². The van der Waals surface area contributed by atoms with Gasteiger partial charge in [0, 0.05) is 23.7 Å². The van der Waals surface area contributed by atoms with Crippen LogP contribution < -0.4 is 5.32 Å². The van der Waals surface area contributed by atoms with Crippen molar-refractivity contribution in [2.45, 2.75) is 6.42 Å². The lowest BCUT2D eigenvalue weighted by atomic mass is 9.88. The van der Waals surface area contributed by atoms with Gasteiger partial charge in [-0.25, -0.2) is 0 Å². The van der Waals surface area contributed by atoms with Crippen LogP contribution in [0.5, 0.6) is 0 Å². The Morgan fingerprint density at radius 3 is 3.00 bits per heavy atom. The van der Waals surface area contributed by atoms with E-state index in [0.717, 1.165) is 38.5 Å². The van der Waals surface area contributed by atoms with E-state index in [2.05, 4.69) is 5.32 Å². The largest absolute Gasteiger partial charge is 0.338 e. The van der Waals surface area contributed by atoms with Gasteiger partial charge in [-0.15, -0.1) is 0 Å². The standard InChI is InChI=1S/C14H17ClN2O/c15-13-3-1-2-10(6-13)14(18)17-5-4-11-7-16-8-12(11)9-17/h1-3,6,11-12,16H,4-5,7-9H2.